The van der Waals surface area contributed by atoms with Gasteiger partial charge in [-0.05, 0) is 26.8 Å². The van der Waals surface area contributed by atoms with Crippen molar-refractivity contribution in [2.24, 2.45) is 11.3 Å². The van der Waals surface area contributed by atoms with Gasteiger partial charge in [0.25, 0.3) is 0 Å². The molecule has 0 saturated heterocycles. The molecule has 0 radical (unpaired) electrons. The molecule has 0 atom stereocenters. The highest BCUT2D eigenvalue weighted by molar-refractivity contribution is 5.78. The van der Waals surface area contributed by atoms with Crippen LogP contribution in [0.1, 0.15) is 27.7 Å². The molecule has 0 aromatic carbocycles. The first-order valence-electron chi connectivity index (χ1n) is 5.84. The number of likely N-dealkylation sites (N-methyl/N-ethyl adjacent to an activating group) is 1. The summed E-state index contributed by atoms with van der Waals surface area (Å²) >= 11 is 0. The van der Waals surface area contributed by atoms with Gasteiger partial charge >= 0.3 is 5.97 Å². The molecule has 0 aliphatic carbocycles. The van der Waals surface area contributed by atoms with Gasteiger partial charge in [0.15, 0.2) is 0 Å². The Labute approximate surface area is 103 Å². The standard InChI is InChI=1S/C12H24N2O3/c1-9(2)6-13-10(15)7-14(5)8-12(3,4)11(16)17/h9H,6-8H2,1-5H3,(H,13,15)(H,16,17). The molecule has 0 aromatic rings. The van der Waals surface area contributed by atoms with Gasteiger partial charge in [0.05, 0.1) is 12.0 Å². The van der Waals surface area contributed by atoms with Crippen molar-refractivity contribution < 1.29 is 14.7 Å². The van der Waals surface area contributed by atoms with Crippen molar-refractivity contribution in [2.45, 2.75) is 27.7 Å². The summed E-state index contributed by atoms with van der Waals surface area (Å²) in [7, 11) is 1.75. The zero-order chi connectivity index (χ0) is 13.6. The Morgan fingerprint density at radius 1 is 1.35 bits per heavy atom. The summed E-state index contributed by atoms with van der Waals surface area (Å²) in [4.78, 5) is 24.2. The van der Waals surface area contributed by atoms with Crippen LogP contribution in [0.25, 0.3) is 0 Å². The molecule has 0 rings (SSSR count). The first-order valence-corrected chi connectivity index (χ1v) is 5.84. The summed E-state index contributed by atoms with van der Waals surface area (Å²) in [6.07, 6.45) is 0. The summed E-state index contributed by atoms with van der Waals surface area (Å²) in [6.45, 7) is 8.57. The van der Waals surface area contributed by atoms with E-state index < -0.39 is 11.4 Å². The van der Waals surface area contributed by atoms with Crippen LogP contribution in [0.15, 0.2) is 0 Å². The molecule has 0 fully saturated rings. The molecule has 0 bridgehead atoms. The first kappa shape index (κ1) is 15.9. The molecule has 100 valence electrons. The van der Waals surface area contributed by atoms with Gasteiger partial charge in [-0.25, -0.2) is 0 Å². The van der Waals surface area contributed by atoms with E-state index in [1.807, 2.05) is 13.8 Å². The Morgan fingerprint density at radius 3 is 2.29 bits per heavy atom. The van der Waals surface area contributed by atoms with E-state index in [4.69, 9.17) is 5.11 Å². The van der Waals surface area contributed by atoms with E-state index in [9.17, 15) is 9.59 Å². The Kier molecular flexibility index (Phi) is 6.16. The van der Waals surface area contributed by atoms with Gasteiger partial charge in [-0.1, -0.05) is 13.8 Å². The summed E-state index contributed by atoms with van der Waals surface area (Å²) < 4.78 is 0. The Hall–Kier alpha value is -1.10. The SMILES string of the molecule is CC(C)CNC(=O)CN(C)CC(C)(C)C(=O)O. The fourth-order valence-corrected chi connectivity index (χ4v) is 1.42. The third kappa shape index (κ3) is 6.94. The van der Waals surface area contributed by atoms with Crippen molar-refractivity contribution in [2.75, 3.05) is 26.7 Å². The number of hydrogen-bond acceptors (Lipinski definition) is 3. The van der Waals surface area contributed by atoms with Crippen molar-refractivity contribution >= 4 is 11.9 Å². The predicted octanol–water partition coefficient (Wildman–Crippen LogP) is 0.801. The average molecular weight is 244 g/mol. The zero-order valence-corrected chi connectivity index (χ0v) is 11.4. The van der Waals surface area contributed by atoms with Crippen LogP contribution in [0.3, 0.4) is 0 Å². The summed E-state index contributed by atoms with van der Waals surface area (Å²) in [5.74, 6) is -0.506. The minimum Gasteiger partial charge on any atom is -0.481 e. The normalized spacial score (nSPS) is 11.9. The topological polar surface area (TPSA) is 69.6 Å². The lowest BCUT2D eigenvalue weighted by molar-refractivity contribution is -0.148. The number of nitrogens with zero attached hydrogens (tertiary/aromatic N) is 1. The maximum absolute atomic E-state index is 11.5. The summed E-state index contributed by atoms with van der Waals surface area (Å²) in [5, 5.41) is 11.8. The van der Waals surface area contributed by atoms with E-state index in [2.05, 4.69) is 5.32 Å². The van der Waals surface area contributed by atoms with Gasteiger partial charge in [-0.3, -0.25) is 14.5 Å². The van der Waals surface area contributed by atoms with Crippen molar-refractivity contribution in [3.63, 3.8) is 0 Å². The van der Waals surface area contributed by atoms with Gasteiger partial charge in [0.1, 0.15) is 0 Å². The zero-order valence-electron chi connectivity index (χ0n) is 11.4. The average Bonchev–Trinajstić information content (AvgIpc) is 2.13. The molecule has 2 N–H and O–H groups in total. The van der Waals surface area contributed by atoms with Crippen LogP contribution >= 0.6 is 0 Å². The molecule has 1 amide bonds. The number of nitrogens with one attached hydrogen (secondary N) is 1. The molecule has 0 unspecified atom stereocenters. The number of amides is 1. The van der Waals surface area contributed by atoms with Gasteiger partial charge in [-0.15, -0.1) is 0 Å². The van der Waals surface area contributed by atoms with E-state index >= 15 is 0 Å². The van der Waals surface area contributed by atoms with Crippen LogP contribution in [-0.2, 0) is 9.59 Å². The highest BCUT2D eigenvalue weighted by Gasteiger charge is 2.29. The second-order valence-electron chi connectivity index (χ2n) is 5.56. The number of carbonyl (C=O) groups is 2. The fraction of sp³-hybridized carbons (Fsp3) is 0.833. The van der Waals surface area contributed by atoms with Gasteiger partial charge in [-0.2, -0.15) is 0 Å². The number of hydrogen-bond donors (Lipinski definition) is 2. The molecule has 0 saturated carbocycles. The molecule has 5 nitrogen and oxygen atoms in total. The molecule has 17 heavy (non-hydrogen) atoms. The van der Waals surface area contributed by atoms with E-state index in [1.54, 1.807) is 25.8 Å². The minimum absolute atomic E-state index is 0.0672. The molecule has 5 heteroatoms. The molecular weight excluding hydrogens is 220 g/mol. The van der Waals surface area contributed by atoms with E-state index in [1.165, 1.54) is 0 Å². The molecule has 0 spiro atoms. The van der Waals surface area contributed by atoms with E-state index in [-0.39, 0.29) is 12.5 Å². The molecular formula is C12H24N2O3. The van der Waals surface area contributed by atoms with Gasteiger partial charge in [0.2, 0.25) is 5.91 Å². The third-order valence-corrected chi connectivity index (χ3v) is 2.37. The molecule has 0 aliphatic rings. The lowest BCUT2D eigenvalue weighted by Gasteiger charge is -2.26. The second kappa shape index (κ2) is 6.59. The fourth-order valence-electron chi connectivity index (χ4n) is 1.42. The van der Waals surface area contributed by atoms with E-state index in [0.717, 1.165) is 0 Å². The number of aliphatic carboxylic acids is 1. The quantitative estimate of drug-likeness (QED) is 0.695. The summed E-state index contributed by atoms with van der Waals surface area (Å²) in [5.41, 5.74) is -0.840. The maximum atomic E-state index is 11.5. The van der Waals surface area contributed by atoms with Crippen molar-refractivity contribution in [3.05, 3.63) is 0 Å². The molecule has 0 aromatic heterocycles. The number of carboxylic acid groups (broad SMARTS) is 1. The molecule has 0 aliphatic heterocycles. The Balaban J connectivity index is 4.05. The van der Waals surface area contributed by atoms with Crippen molar-refractivity contribution in [1.29, 1.82) is 0 Å². The highest BCUT2D eigenvalue weighted by atomic mass is 16.4. The van der Waals surface area contributed by atoms with Gasteiger partial charge in [0, 0.05) is 13.1 Å². The van der Waals surface area contributed by atoms with Crippen LogP contribution < -0.4 is 5.32 Å². The lowest BCUT2D eigenvalue weighted by Crippen LogP contribution is -2.42. The van der Waals surface area contributed by atoms with Crippen LogP contribution in [0.2, 0.25) is 0 Å². The monoisotopic (exact) mass is 244 g/mol. The Morgan fingerprint density at radius 2 is 1.88 bits per heavy atom. The minimum atomic E-state index is -0.855. The number of rotatable bonds is 7. The van der Waals surface area contributed by atoms with Crippen LogP contribution in [-0.4, -0.2) is 48.6 Å². The van der Waals surface area contributed by atoms with Crippen LogP contribution in [0.5, 0.6) is 0 Å². The second-order valence-corrected chi connectivity index (χ2v) is 5.56. The number of carboxylic acids is 1. The third-order valence-electron chi connectivity index (χ3n) is 2.37. The van der Waals surface area contributed by atoms with Crippen LogP contribution in [0, 0.1) is 11.3 Å². The predicted molar refractivity (Wildman–Crippen MR) is 66.8 cm³/mol. The number of carbonyl (C=O) groups excluding carboxylic acids is 1. The van der Waals surface area contributed by atoms with Gasteiger partial charge < -0.3 is 10.4 Å². The molecule has 0 heterocycles. The van der Waals surface area contributed by atoms with E-state index in [0.29, 0.717) is 19.0 Å². The largest absolute Gasteiger partial charge is 0.481 e. The van der Waals surface area contributed by atoms with Crippen LogP contribution in [0.4, 0.5) is 0 Å². The highest BCUT2D eigenvalue weighted by Crippen LogP contribution is 2.15. The smallest absolute Gasteiger partial charge is 0.310 e. The van der Waals surface area contributed by atoms with Crippen molar-refractivity contribution in [3.8, 4) is 0 Å². The van der Waals surface area contributed by atoms with Crippen molar-refractivity contribution in [1.82, 2.24) is 10.2 Å². The lowest BCUT2D eigenvalue weighted by atomic mass is 9.93. The summed E-state index contributed by atoms with van der Waals surface area (Å²) in [6, 6.07) is 0. The first-order chi connectivity index (χ1) is 7.65. The Bertz CT molecular complexity index is 275. The maximum Gasteiger partial charge on any atom is 0.310 e.